The number of carbonyl (C=O) groups is 1. The van der Waals surface area contributed by atoms with Crippen LogP contribution in [-0.4, -0.2) is 31.5 Å². The monoisotopic (exact) mass is 283 g/mol. The van der Waals surface area contributed by atoms with Gasteiger partial charge in [-0.25, -0.2) is 8.42 Å². The number of aryl methyl sites for hydroxylation is 1. The summed E-state index contributed by atoms with van der Waals surface area (Å²) in [7, 11) is -3.70. The molecule has 1 unspecified atom stereocenters. The van der Waals surface area contributed by atoms with Gasteiger partial charge in [0.05, 0.1) is 4.90 Å². The summed E-state index contributed by atoms with van der Waals surface area (Å²) in [6.07, 6.45) is 0. The molecule has 0 aromatic heterocycles. The summed E-state index contributed by atoms with van der Waals surface area (Å²) in [5.74, 6) is -0.610. The molecule has 1 fully saturated rings. The van der Waals surface area contributed by atoms with E-state index in [1.54, 1.807) is 38.1 Å². The second kappa shape index (κ2) is 4.94. The number of cyclic esters (lactones) is 1. The molecule has 0 aliphatic carbocycles. The number of hydrogen-bond donors (Lipinski definition) is 0. The van der Waals surface area contributed by atoms with E-state index in [1.165, 1.54) is 0 Å². The summed E-state index contributed by atoms with van der Waals surface area (Å²) in [5, 5.41) is 0. The third-order valence-electron chi connectivity index (χ3n) is 3.14. The van der Waals surface area contributed by atoms with Crippen molar-refractivity contribution < 1.29 is 17.9 Å². The van der Waals surface area contributed by atoms with Crippen LogP contribution in [0.1, 0.15) is 19.4 Å². The van der Waals surface area contributed by atoms with E-state index in [0.717, 1.165) is 9.87 Å². The van der Waals surface area contributed by atoms with Crippen molar-refractivity contribution in [3.8, 4) is 0 Å². The van der Waals surface area contributed by atoms with Gasteiger partial charge in [-0.15, -0.1) is 4.31 Å². The number of hydrogen-bond acceptors (Lipinski definition) is 4. The van der Waals surface area contributed by atoms with Gasteiger partial charge >= 0.3 is 5.97 Å². The molecule has 19 heavy (non-hydrogen) atoms. The van der Waals surface area contributed by atoms with Crippen molar-refractivity contribution in [1.29, 1.82) is 0 Å². The third-order valence-corrected chi connectivity index (χ3v) is 4.96. The van der Waals surface area contributed by atoms with E-state index in [4.69, 9.17) is 4.74 Å². The van der Waals surface area contributed by atoms with Crippen LogP contribution in [0.25, 0.3) is 0 Å². The lowest BCUT2D eigenvalue weighted by atomic mass is 10.1. The van der Waals surface area contributed by atoms with E-state index in [-0.39, 0.29) is 17.5 Å². The molecule has 1 aliphatic rings. The molecular weight excluding hydrogens is 266 g/mol. The lowest BCUT2D eigenvalue weighted by Crippen LogP contribution is -2.41. The minimum atomic E-state index is -3.70. The average Bonchev–Trinajstić information content (AvgIpc) is 2.72. The standard InChI is InChI=1S/C13H17NO4S/c1-9(2)12-13(15)18-8-14(12)19(16,17)11-6-4-10(3)5-7-11/h4-7,9,12H,8H2,1-3H3. The Kier molecular flexibility index (Phi) is 3.64. The lowest BCUT2D eigenvalue weighted by Gasteiger charge is -2.22. The molecule has 5 nitrogen and oxygen atoms in total. The van der Waals surface area contributed by atoms with Crippen LogP contribution in [0, 0.1) is 12.8 Å². The topological polar surface area (TPSA) is 63.7 Å². The Hall–Kier alpha value is -1.40. The van der Waals surface area contributed by atoms with Crippen molar-refractivity contribution in [2.24, 2.45) is 5.92 Å². The summed E-state index contributed by atoms with van der Waals surface area (Å²) in [4.78, 5) is 11.8. The van der Waals surface area contributed by atoms with E-state index in [1.807, 2.05) is 6.92 Å². The van der Waals surface area contributed by atoms with Gasteiger partial charge in [-0.3, -0.25) is 4.79 Å². The Morgan fingerprint density at radius 1 is 1.26 bits per heavy atom. The van der Waals surface area contributed by atoms with Crippen LogP contribution in [0.2, 0.25) is 0 Å². The molecule has 6 heteroatoms. The molecule has 1 aliphatic heterocycles. The number of nitrogens with zero attached hydrogens (tertiary/aromatic N) is 1. The smallest absolute Gasteiger partial charge is 0.326 e. The zero-order valence-corrected chi connectivity index (χ0v) is 12.0. The minimum absolute atomic E-state index is 0.129. The molecule has 1 aromatic rings. The van der Waals surface area contributed by atoms with Gasteiger partial charge in [-0.2, -0.15) is 0 Å². The third kappa shape index (κ3) is 2.50. The normalized spacial score (nSPS) is 20.8. The molecule has 0 bridgehead atoms. The van der Waals surface area contributed by atoms with Gasteiger partial charge in [0, 0.05) is 0 Å². The highest BCUT2D eigenvalue weighted by Crippen LogP contribution is 2.26. The number of ether oxygens (including phenoxy) is 1. The van der Waals surface area contributed by atoms with Gasteiger partial charge < -0.3 is 4.74 Å². The highest BCUT2D eigenvalue weighted by atomic mass is 32.2. The van der Waals surface area contributed by atoms with Gasteiger partial charge in [-0.05, 0) is 25.0 Å². The van der Waals surface area contributed by atoms with Gasteiger partial charge in [-0.1, -0.05) is 31.5 Å². The van der Waals surface area contributed by atoms with Crippen molar-refractivity contribution in [3.63, 3.8) is 0 Å². The Balaban J connectivity index is 2.39. The first-order chi connectivity index (χ1) is 8.84. The Bertz CT molecular complexity index is 577. The summed E-state index contributed by atoms with van der Waals surface area (Å²) in [6, 6.07) is 5.81. The number of carbonyl (C=O) groups excluding carboxylic acids is 1. The molecule has 1 heterocycles. The maximum Gasteiger partial charge on any atom is 0.326 e. The Morgan fingerprint density at radius 3 is 2.37 bits per heavy atom. The molecule has 104 valence electrons. The van der Waals surface area contributed by atoms with Crippen molar-refractivity contribution in [2.45, 2.75) is 31.7 Å². The molecule has 1 saturated heterocycles. The second-order valence-corrected chi connectivity index (χ2v) is 6.88. The van der Waals surface area contributed by atoms with Gasteiger partial charge in [0.25, 0.3) is 0 Å². The molecule has 2 rings (SSSR count). The van der Waals surface area contributed by atoms with Crippen LogP contribution in [0.4, 0.5) is 0 Å². The van der Waals surface area contributed by atoms with Crippen molar-refractivity contribution in [1.82, 2.24) is 4.31 Å². The average molecular weight is 283 g/mol. The first kappa shape index (κ1) is 14.0. The SMILES string of the molecule is Cc1ccc(S(=O)(=O)N2COC(=O)C2C(C)C)cc1. The molecular formula is C13H17NO4S. The molecule has 1 aromatic carbocycles. The molecule has 0 saturated carbocycles. The Morgan fingerprint density at radius 2 is 1.84 bits per heavy atom. The number of rotatable bonds is 3. The quantitative estimate of drug-likeness (QED) is 0.789. The predicted molar refractivity (Wildman–Crippen MR) is 69.8 cm³/mol. The van der Waals surface area contributed by atoms with Crippen LogP contribution >= 0.6 is 0 Å². The van der Waals surface area contributed by atoms with Gasteiger partial charge in [0.1, 0.15) is 6.04 Å². The number of benzene rings is 1. The van der Waals surface area contributed by atoms with Crippen LogP contribution in [0.5, 0.6) is 0 Å². The first-order valence-electron chi connectivity index (χ1n) is 6.09. The largest absolute Gasteiger partial charge is 0.447 e. The van der Waals surface area contributed by atoms with E-state index in [0.29, 0.717) is 0 Å². The maximum absolute atomic E-state index is 12.5. The van der Waals surface area contributed by atoms with E-state index >= 15 is 0 Å². The zero-order valence-electron chi connectivity index (χ0n) is 11.2. The van der Waals surface area contributed by atoms with Gasteiger partial charge in [0.2, 0.25) is 10.0 Å². The van der Waals surface area contributed by atoms with E-state index in [2.05, 4.69) is 0 Å². The fourth-order valence-electron chi connectivity index (χ4n) is 2.08. The van der Waals surface area contributed by atoms with E-state index < -0.39 is 22.0 Å². The molecule has 1 atom stereocenters. The molecule has 0 amide bonds. The summed E-state index contributed by atoms with van der Waals surface area (Å²) < 4.78 is 31.0. The summed E-state index contributed by atoms with van der Waals surface area (Å²) in [6.45, 7) is 5.28. The van der Waals surface area contributed by atoms with Crippen LogP contribution < -0.4 is 0 Å². The predicted octanol–water partition coefficient (Wildman–Crippen LogP) is 1.52. The number of sulfonamides is 1. The van der Waals surface area contributed by atoms with Crippen LogP contribution in [0.15, 0.2) is 29.2 Å². The van der Waals surface area contributed by atoms with Crippen molar-refractivity contribution in [3.05, 3.63) is 29.8 Å². The van der Waals surface area contributed by atoms with Gasteiger partial charge in [0.15, 0.2) is 6.73 Å². The summed E-state index contributed by atoms with van der Waals surface area (Å²) in [5.41, 5.74) is 0.980. The van der Waals surface area contributed by atoms with Crippen LogP contribution in [-0.2, 0) is 19.6 Å². The first-order valence-corrected chi connectivity index (χ1v) is 7.53. The summed E-state index contributed by atoms with van der Waals surface area (Å²) >= 11 is 0. The second-order valence-electron chi connectivity index (χ2n) is 4.99. The highest BCUT2D eigenvalue weighted by Gasteiger charge is 2.44. The molecule has 0 N–H and O–H groups in total. The Labute approximate surface area is 113 Å². The fourth-order valence-corrected chi connectivity index (χ4v) is 3.65. The van der Waals surface area contributed by atoms with Crippen molar-refractivity contribution >= 4 is 16.0 Å². The lowest BCUT2D eigenvalue weighted by molar-refractivity contribution is -0.139. The molecule has 0 spiro atoms. The highest BCUT2D eigenvalue weighted by molar-refractivity contribution is 7.89. The minimum Gasteiger partial charge on any atom is -0.447 e. The van der Waals surface area contributed by atoms with Crippen LogP contribution in [0.3, 0.4) is 0 Å². The van der Waals surface area contributed by atoms with E-state index in [9.17, 15) is 13.2 Å². The maximum atomic E-state index is 12.5. The van der Waals surface area contributed by atoms with Crippen molar-refractivity contribution in [2.75, 3.05) is 6.73 Å². The number of esters is 1. The fraction of sp³-hybridized carbons (Fsp3) is 0.462. The molecule has 0 radical (unpaired) electrons. The zero-order chi connectivity index (χ0) is 14.2.